The molecule has 0 aromatic rings. The van der Waals surface area contributed by atoms with Crippen LogP contribution in [0.1, 0.15) is 33.1 Å². The van der Waals surface area contributed by atoms with Crippen LogP contribution in [0.4, 0.5) is 0 Å². The fourth-order valence-corrected chi connectivity index (χ4v) is 3.22. The highest BCUT2D eigenvalue weighted by atomic mass is 14.4. The molecule has 0 amide bonds. The van der Waals surface area contributed by atoms with Crippen LogP contribution in [-0.4, -0.2) is 0 Å². The fourth-order valence-electron chi connectivity index (χ4n) is 3.22. The topological polar surface area (TPSA) is 0 Å². The minimum atomic E-state index is 0.782. The van der Waals surface area contributed by atoms with Gasteiger partial charge in [-0.25, -0.2) is 0 Å². The van der Waals surface area contributed by atoms with Crippen LogP contribution >= 0.6 is 0 Å². The van der Waals surface area contributed by atoms with Crippen LogP contribution in [0.5, 0.6) is 0 Å². The van der Waals surface area contributed by atoms with Gasteiger partial charge in [0.25, 0.3) is 0 Å². The summed E-state index contributed by atoms with van der Waals surface area (Å²) in [4.78, 5) is 0. The van der Waals surface area contributed by atoms with Crippen molar-refractivity contribution in [3.05, 3.63) is 46.1 Å². The highest BCUT2D eigenvalue weighted by Gasteiger charge is 2.31. The van der Waals surface area contributed by atoms with E-state index < -0.39 is 0 Å². The van der Waals surface area contributed by atoms with E-state index in [1.807, 2.05) is 0 Å². The maximum absolute atomic E-state index is 2.32. The van der Waals surface area contributed by atoms with Gasteiger partial charge in [-0.3, -0.25) is 0 Å². The molecule has 0 aromatic heterocycles. The molecule has 0 heterocycles. The lowest BCUT2D eigenvalue weighted by atomic mass is 9.79. The molecule has 1 saturated carbocycles. The average Bonchev–Trinajstić information content (AvgIpc) is 2.82. The molecule has 3 aliphatic rings. The summed E-state index contributed by atoms with van der Waals surface area (Å²) in [6.07, 6.45) is 10.8. The second-order valence-electron chi connectivity index (χ2n) is 4.63. The molecule has 3 rings (SSSR count). The van der Waals surface area contributed by atoms with E-state index in [1.165, 1.54) is 30.4 Å². The van der Waals surface area contributed by atoms with Crippen LogP contribution < -0.4 is 0 Å². The van der Waals surface area contributed by atoms with Gasteiger partial charge in [0, 0.05) is 5.92 Å². The third-order valence-electron chi connectivity index (χ3n) is 4.01. The van der Waals surface area contributed by atoms with Gasteiger partial charge in [0.15, 0.2) is 0 Å². The molecule has 0 spiro atoms. The molecular formula is C14H16. The zero-order valence-electron chi connectivity index (χ0n) is 8.93. The van der Waals surface area contributed by atoms with Gasteiger partial charge in [0.1, 0.15) is 0 Å². The van der Waals surface area contributed by atoms with Crippen molar-refractivity contribution >= 4 is 0 Å². The van der Waals surface area contributed by atoms with Gasteiger partial charge in [0.05, 0.1) is 0 Å². The van der Waals surface area contributed by atoms with Gasteiger partial charge < -0.3 is 0 Å². The van der Waals surface area contributed by atoms with Gasteiger partial charge >= 0.3 is 0 Å². The number of hydrogen-bond donors (Lipinski definition) is 0. The van der Waals surface area contributed by atoms with Crippen LogP contribution in [0.15, 0.2) is 46.1 Å². The first kappa shape index (κ1) is 8.28. The normalized spacial score (nSPS) is 29.6. The monoisotopic (exact) mass is 184 g/mol. The van der Waals surface area contributed by atoms with Gasteiger partial charge in [-0.1, -0.05) is 29.4 Å². The minimum absolute atomic E-state index is 0.782. The molecule has 0 radical (unpaired) electrons. The molecule has 0 saturated heterocycles. The number of allylic oxidation sites excluding steroid dienone is 8. The molecule has 0 bridgehead atoms. The van der Waals surface area contributed by atoms with Gasteiger partial charge in [-0.2, -0.15) is 0 Å². The van der Waals surface area contributed by atoms with Gasteiger partial charge in [0.2, 0.25) is 0 Å². The Morgan fingerprint density at radius 2 is 2.14 bits per heavy atom. The lowest BCUT2D eigenvalue weighted by Crippen LogP contribution is -2.10. The number of fused-ring (bicyclic) bond motifs is 2. The highest BCUT2D eigenvalue weighted by molar-refractivity contribution is 5.64. The number of rotatable bonds is 0. The quantitative estimate of drug-likeness (QED) is 0.535. The van der Waals surface area contributed by atoms with E-state index in [0.29, 0.717) is 0 Å². The van der Waals surface area contributed by atoms with E-state index in [2.05, 4.69) is 32.1 Å². The van der Waals surface area contributed by atoms with Crippen molar-refractivity contribution < 1.29 is 0 Å². The van der Waals surface area contributed by atoms with E-state index in [0.717, 1.165) is 5.92 Å². The third kappa shape index (κ3) is 0.890. The summed E-state index contributed by atoms with van der Waals surface area (Å²) in [7, 11) is 0. The summed E-state index contributed by atoms with van der Waals surface area (Å²) < 4.78 is 0. The number of hydrogen-bond acceptors (Lipinski definition) is 0. The highest BCUT2D eigenvalue weighted by Crippen LogP contribution is 2.47. The molecule has 0 heteroatoms. The summed E-state index contributed by atoms with van der Waals surface area (Å²) in [6, 6.07) is 0. The molecule has 72 valence electrons. The average molecular weight is 184 g/mol. The summed E-state index contributed by atoms with van der Waals surface area (Å²) in [5.41, 5.74) is 7.91. The second-order valence-corrected chi connectivity index (χ2v) is 4.63. The van der Waals surface area contributed by atoms with Crippen LogP contribution in [0.3, 0.4) is 0 Å². The SMILES string of the molecule is CC1=C2CCCC2C(C)=C2C=CC=C12. The second kappa shape index (κ2) is 2.73. The fraction of sp³-hybridized carbons (Fsp3) is 0.429. The standard InChI is InChI=1S/C14H16/c1-9-11-5-3-7-13(11)10(2)14-8-4-6-12(9)14/h3,5,7,12H,4,6,8H2,1-2H3. The van der Waals surface area contributed by atoms with Crippen LogP contribution in [-0.2, 0) is 0 Å². The molecular weight excluding hydrogens is 168 g/mol. The summed E-state index contributed by atoms with van der Waals surface area (Å²) in [5, 5.41) is 0. The minimum Gasteiger partial charge on any atom is -0.0610 e. The molecule has 0 aliphatic heterocycles. The van der Waals surface area contributed by atoms with E-state index in [9.17, 15) is 0 Å². The largest absolute Gasteiger partial charge is 0.0610 e. The van der Waals surface area contributed by atoms with Crippen molar-refractivity contribution in [3.8, 4) is 0 Å². The van der Waals surface area contributed by atoms with E-state index in [1.54, 1.807) is 16.7 Å². The van der Waals surface area contributed by atoms with Gasteiger partial charge in [-0.05, 0) is 49.8 Å². The zero-order chi connectivity index (χ0) is 9.71. The Hall–Kier alpha value is -1.04. The Morgan fingerprint density at radius 1 is 1.29 bits per heavy atom. The van der Waals surface area contributed by atoms with E-state index in [-0.39, 0.29) is 0 Å². The first-order chi connectivity index (χ1) is 6.79. The Bertz CT molecular complexity index is 411. The lowest BCUT2D eigenvalue weighted by Gasteiger charge is -2.26. The van der Waals surface area contributed by atoms with Crippen LogP contribution in [0.25, 0.3) is 0 Å². The molecule has 0 nitrogen and oxygen atoms in total. The third-order valence-corrected chi connectivity index (χ3v) is 4.01. The molecule has 1 atom stereocenters. The van der Waals surface area contributed by atoms with Crippen molar-refractivity contribution in [1.82, 2.24) is 0 Å². The van der Waals surface area contributed by atoms with E-state index >= 15 is 0 Å². The summed E-state index contributed by atoms with van der Waals surface area (Å²) >= 11 is 0. The molecule has 1 unspecified atom stereocenters. The Morgan fingerprint density at radius 3 is 3.00 bits per heavy atom. The molecule has 3 aliphatic carbocycles. The maximum Gasteiger partial charge on any atom is 0.00194 e. The predicted octanol–water partition coefficient (Wildman–Crippen LogP) is 3.93. The van der Waals surface area contributed by atoms with Gasteiger partial charge in [-0.15, -0.1) is 0 Å². The summed E-state index contributed by atoms with van der Waals surface area (Å²) in [5.74, 6) is 0.782. The first-order valence-corrected chi connectivity index (χ1v) is 5.58. The van der Waals surface area contributed by atoms with Crippen LogP contribution in [0.2, 0.25) is 0 Å². The van der Waals surface area contributed by atoms with Crippen molar-refractivity contribution in [2.45, 2.75) is 33.1 Å². The first-order valence-electron chi connectivity index (χ1n) is 5.58. The Kier molecular flexibility index (Phi) is 1.61. The maximum atomic E-state index is 2.32. The Labute approximate surface area is 85.7 Å². The van der Waals surface area contributed by atoms with Crippen molar-refractivity contribution in [3.63, 3.8) is 0 Å². The summed E-state index contributed by atoms with van der Waals surface area (Å²) in [6.45, 7) is 4.63. The Balaban J connectivity index is 2.21. The molecule has 0 N–H and O–H groups in total. The smallest absolute Gasteiger partial charge is 0.00194 e. The molecule has 1 fully saturated rings. The predicted molar refractivity (Wildman–Crippen MR) is 60.0 cm³/mol. The van der Waals surface area contributed by atoms with Crippen molar-refractivity contribution in [2.75, 3.05) is 0 Å². The van der Waals surface area contributed by atoms with E-state index in [4.69, 9.17) is 0 Å². The molecule has 14 heavy (non-hydrogen) atoms. The van der Waals surface area contributed by atoms with Crippen LogP contribution in [0, 0.1) is 5.92 Å². The zero-order valence-corrected chi connectivity index (χ0v) is 8.93. The van der Waals surface area contributed by atoms with Crippen molar-refractivity contribution in [2.24, 2.45) is 5.92 Å². The van der Waals surface area contributed by atoms with Crippen molar-refractivity contribution in [1.29, 1.82) is 0 Å². The lowest BCUT2D eigenvalue weighted by molar-refractivity contribution is 0.708. The molecule has 0 aromatic carbocycles.